The minimum absolute atomic E-state index is 0.245. The van der Waals surface area contributed by atoms with Gasteiger partial charge in [0.1, 0.15) is 5.76 Å². The molecule has 50 valence electrons. The number of aliphatic hydroxyl groups is 1. The van der Waals surface area contributed by atoms with E-state index >= 15 is 0 Å². The van der Waals surface area contributed by atoms with E-state index in [2.05, 4.69) is 0 Å². The zero-order valence-corrected chi connectivity index (χ0v) is 5.03. The lowest BCUT2D eigenvalue weighted by Crippen LogP contribution is -1.89. The van der Waals surface area contributed by atoms with Gasteiger partial charge in [0.15, 0.2) is 0 Å². The third kappa shape index (κ3) is 4.61. The molecule has 0 amide bonds. The SMILES string of the molecule is C/C=C/C(O)=C/C(=O)O. The molecular weight excluding hydrogens is 120 g/mol. The Labute approximate surface area is 52.9 Å². The zero-order chi connectivity index (χ0) is 7.28. The highest BCUT2D eigenvalue weighted by Crippen LogP contribution is 1.88. The normalized spacial score (nSPS) is 12.3. The smallest absolute Gasteiger partial charge is 0.332 e. The Morgan fingerprint density at radius 2 is 2.00 bits per heavy atom. The van der Waals surface area contributed by atoms with Crippen LogP contribution in [0.25, 0.3) is 0 Å². The van der Waals surface area contributed by atoms with Crippen LogP contribution in [-0.2, 0) is 4.79 Å². The van der Waals surface area contributed by atoms with Gasteiger partial charge in [0.2, 0.25) is 0 Å². The van der Waals surface area contributed by atoms with Crippen molar-refractivity contribution in [3.63, 3.8) is 0 Å². The van der Waals surface area contributed by atoms with Crippen molar-refractivity contribution < 1.29 is 15.0 Å². The highest BCUT2D eigenvalue weighted by Gasteiger charge is 1.89. The van der Waals surface area contributed by atoms with Gasteiger partial charge >= 0.3 is 5.97 Å². The topological polar surface area (TPSA) is 57.5 Å². The fraction of sp³-hybridized carbons (Fsp3) is 0.167. The first-order chi connectivity index (χ1) is 4.16. The molecule has 3 heteroatoms. The molecule has 0 heterocycles. The molecule has 0 bridgehead atoms. The Morgan fingerprint density at radius 3 is 2.33 bits per heavy atom. The maximum atomic E-state index is 9.81. The molecule has 0 aliphatic carbocycles. The Bertz CT molecular complexity index is 156. The number of allylic oxidation sites excluding steroid dienone is 2. The summed E-state index contributed by atoms with van der Waals surface area (Å²) in [5.41, 5.74) is 0. The van der Waals surface area contributed by atoms with E-state index in [9.17, 15) is 4.79 Å². The molecule has 0 radical (unpaired) electrons. The molecule has 0 aromatic rings. The van der Waals surface area contributed by atoms with Gasteiger partial charge in [0.25, 0.3) is 0 Å². The Kier molecular flexibility index (Phi) is 3.20. The number of carboxylic acid groups (broad SMARTS) is 1. The van der Waals surface area contributed by atoms with Crippen LogP contribution < -0.4 is 0 Å². The predicted molar refractivity (Wildman–Crippen MR) is 33.2 cm³/mol. The van der Waals surface area contributed by atoms with Crippen LogP contribution in [0.1, 0.15) is 6.92 Å². The highest BCUT2D eigenvalue weighted by molar-refractivity contribution is 5.80. The molecule has 0 atom stereocenters. The van der Waals surface area contributed by atoms with E-state index in [0.29, 0.717) is 0 Å². The monoisotopic (exact) mass is 128 g/mol. The largest absolute Gasteiger partial charge is 0.508 e. The molecule has 3 nitrogen and oxygen atoms in total. The van der Waals surface area contributed by atoms with Crippen LogP contribution in [0.2, 0.25) is 0 Å². The maximum Gasteiger partial charge on any atom is 0.332 e. The standard InChI is InChI=1S/C6H8O3/c1-2-3-5(7)4-6(8)9/h2-4,7H,1H3,(H,8,9)/b3-2+,5-4-. The summed E-state index contributed by atoms with van der Waals surface area (Å²) in [7, 11) is 0. The number of aliphatic carboxylic acids is 1. The number of aliphatic hydroxyl groups excluding tert-OH is 1. The van der Waals surface area contributed by atoms with Gasteiger partial charge in [-0.15, -0.1) is 0 Å². The molecule has 0 spiro atoms. The van der Waals surface area contributed by atoms with Crippen molar-refractivity contribution in [1.82, 2.24) is 0 Å². The summed E-state index contributed by atoms with van der Waals surface area (Å²) in [4.78, 5) is 9.81. The van der Waals surface area contributed by atoms with E-state index in [0.717, 1.165) is 6.08 Å². The number of carboxylic acids is 1. The molecule has 0 aromatic carbocycles. The van der Waals surface area contributed by atoms with Gasteiger partial charge in [-0.2, -0.15) is 0 Å². The summed E-state index contributed by atoms with van der Waals surface area (Å²) in [6.07, 6.45) is 3.57. The van der Waals surface area contributed by atoms with Crippen molar-refractivity contribution >= 4 is 5.97 Å². The Morgan fingerprint density at radius 1 is 1.44 bits per heavy atom. The van der Waals surface area contributed by atoms with Crippen molar-refractivity contribution in [1.29, 1.82) is 0 Å². The lowest BCUT2D eigenvalue weighted by atomic mass is 10.4. The van der Waals surface area contributed by atoms with Gasteiger partial charge in [-0.05, 0) is 13.0 Å². The number of hydrogen-bond donors (Lipinski definition) is 2. The second-order valence-electron chi connectivity index (χ2n) is 1.41. The summed E-state index contributed by atoms with van der Waals surface area (Å²) in [6, 6.07) is 0. The van der Waals surface area contributed by atoms with Crippen LogP contribution in [0.4, 0.5) is 0 Å². The van der Waals surface area contributed by atoms with Crippen LogP contribution in [0.15, 0.2) is 24.0 Å². The minimum Gasteiger partial charge on any atom is -0.508 e. The molecule has 0 unspecified atom stereocenters. The van der Waals surface area contributed by atoms with Crippen molar-refractivity contribution in [2.45, 2.75) is 6.92 Å². The summed E-state index contributed by atoms with van der Waals surface area (Å²) in [5.74, 6) is -1.39. The van der Waals surface area contributed by atoms with Gasteiger partial charge in [0, 0.05) is 0 Å². The third-order valence-corrected chi connectivity index (χ3v) is 0.609. The molecular formula is C6H8O3. The van der Waals surface area contributed by atoms with E-state index in [1.807, 2.05) is 0 Å². The molecule has 0 aliphatic rings. The summed E-state index contributed by atoms with van der Waals surface area (Å²) in [5, 5.41) is 16.7. The van der Waals surface area contributed by atoms with Crippen molar-refractivity contribution in [2.24, 2.45) is 0 Å². The van der Waals surface area contributed by atoms with Crippen molar-refractivity contribution in [3.8, 4) is 0 Å². The average molecular weight is 128 g/mol. The van der Waals surface area contributed by atoms with Crippen LogP contribution in [0.3, 0.4) is 0 Å². The maximum absolute atomic E-state index is 9.81. The number of hydrogen-bond acceptors (Lipinski definition) is 2. The molecule has 0 saturated carbocycles. The molecule has 0 aromatic heterocycles. The predicted octanol–water partition coefficient (Wildman–Crippen LogP) is 1.09. The third-order valence-electron chi connectivity index (χ3n) is 0.609. The Balaban J connectivity index is 4.00. The van der Waals surface area contributed by atoms with Crippen LogP contribution in [-0.4, -0.2) is 16.2 Å². The van der Waals surface area contributed by atoms with E-state index in [1.54, 1.807) is 13.0 Å². The molecule has 0 fully saturated rings. The first-order valence-corrected chi connectivity index (χ1v) is 2.43. The second-order valence-corrected chi connectivity index (χ2v) is 1.41. The van der Waals surface area contributed by atoms with Crippen LogP contribution >= 0.6 is 0 Å². The average Bonchev–Trinajstić information content (AvgIpc) is 1.63. The fourth-order valence-corrected chi connectivity index (χ4v) is 0.345. The molecule has 0 aliphatic heterocycles. The molecule has 0 saturated heterocycles. The lowest BCUT2D eigenvalue weighted by Gasteiger charge is -1.84. The number of rotatable bonds is 2. The van der Waals surface area contributed by atoms with Crippen LogP contribution in [0.5, 0.6) is 0 Å². The van der Waals surface area contributed by atoms with Gasteiger partial charge in [0.05, 0.1) is 6.08 Å². The van der Waals surface area contributed by atoms with E-state index in [1.165, 1.54) is 6.08 Å². The van der Waals surface area contributed by atoms with Gasteiger partial charge < -0.3 is 10.2 Å². The lowest BCUT2D eigenvalue weighted by molar-refractivity contribution is -0.131. The first kappa shape index (κ1) is 7.75. The van der Waals surface area contributed by atoms with Gasteiger partial charge in [-0.25, -0.2) is 4.79 Å². The molecule has 2 N–H and O–H groups in total. The minimum atomic E-state index is -1.15. The van der Waals surface area contributed by atoms with Gasteiger partial charge in [-0.1, -0.05) is 6.08 Å². The van der Waals surface area contributed by atoms with Crippen LogP contribution in [0, 0.1) is 0 Å². The summed E-state index contributed by atoms with van der Waals surface area (Å²) in [6.45, 7) is 1.69. The highest BCUT2D eigenvalue weighted by atomic mass is 16.4. The Hall–Kier alpha value is -1.25. The van der Waals surface area contributed by atoms with Crippen molar-refractivity contribution in [2.75, 3.05) is 0 Å². The summed E-state index contributed by atoms with van der Waals surface area (Å²) >= 11 is 0. The van der Waals surface area contributed by atoms with E-state index < -0.39 is 5.97 Å². The molecule has 9 heavy (non-hydrogen) atoms. The van der Waals surface area contributed by atoms with E-state index in [4.69, 9.17) is 10.2 Å². The second kappa shape index (κ2) is 3.72. The quantitative estimate of drug-likeness (QED) is 0.332. The van der Waals surface area contributed by atoms with E-state index in [-0.39, 0.29) is 5.76 Å². The molecule has 0 rings (SSSR count). The zero-order valence-electron chi connectivity index (χ0n) is 5.03. The first-order valence-electron chi connectivity index (χ1n) is 2.43. The fourth-order valence-electron chi connectivity index (χ4n) is 0.345. The van der Waals surface area contributed by atoms with Crippen molar-refractivity contribution in [3.05, 3.63) is 24.0 Å². The number of carbonyl (C=O) groups is 1. The van der Waals surface area contributed by atoms with Gasteiger partial charge in [-0.3, -0.25) is 0 Å². The summed E-state index contributed by atoms with van der Waals surface area (Å²) < 4.78 is 0.